The third-order valence-corrected chi connectivity index (χ3v) is 7.88. The second kappa shape index (κ2) is 7.96. The van der Waals surface area contributed by atoms with Gasteiger partial charge in [-0.2, -0.15) is 0 Å². The quantitative estimate of drug-likeness (QED) is 0.815. The molecular weight excluding hydrogens is 282 g/mol. The predicted octanol–water partition coefficient (Wildman–Crippen LogP) is 3.54. The molecule has 2 rings (SSSR count). The Morgan fingerprint density at radius 3 is 2.57 bits per heavy atom. The Morgan fingerprint density at radius 1 is 1.10 bits per heavy atom. The van der Waals surface area contributed by atoms with Crippen LogP contribution < -0.4 is 5.32 Å². The highest BCUT2D eigenvalue weighted by Crippen LogP contribution is 2.37. The minimum atomic E-state index is -2.89. The van der Waals surface area contributed by atoms with Crippen LogP contribution in [0.1, 0.15) is 71.6 Å². The van der Waals surface area contributed by atoms with Crippen molar-refractivity contribution in [3.05, 3.63) is 0 Å². The van der Waals surface area contributed by atoms with Gasteiger partial charge in [0.1, 0.15) is 0 Å². The predicted molar refractivity (Wildman–Crippen MR) is 89.2 cm³/mol. The van der Waals surface area contributed by atoms with Gasteiger partial charge in [-0.05, 0) is 50.5 Å². The molecule has 3 nitrogen and oxygen atoms in total. The summed E-state index contributed by atoms with van der Waals surface area (Å²) < 4.78 is 25.1. The van der Waals surface area contributed by atoms with E-state index in [-0.39, 0.29) is 11.3 Å². The average Bonchev–Trinajstić information content (AvgIpc) is 2.49. The van der Waals surface area contributed by atoms with Crippen LogP contribution in [0.4, 0.5) is 0 Å². The molecule has 4 unspecified atom stereocenters. The minimum absolute atomic E-state index is 0.126. The van der Waals surface area contributed by atoms with Gasteiger partial charge in [0.25, 0.3) is 0 Å². The lowest BCUT2D eigenvalue weighted by Gasteiger charge is -2.40. The Labute approximate surface area is 131 Å². The van der Waals surface area contributed by atoms with E-state index in [4.69, 9.17) is 0 Å². The Kier molecular flexibility index (Phi) is 6.54. The lowest BCUT2D eigenvalue weighted by molar-refractivity contribution is 0.199. The molecule has 1 aliphatic heterocycles. The van der Waals surface area contributed by atoms with Gasteiger partial charge >= 0.3 is 0 Å². The molecule has 2 aliphatic rings. The van der Waals surface area contributed by atoms with E-state index in [9.17, 15) is 8.42 Å². The maximum atomic E-state index is 12.5. The summed E-state index contributed by atoms with van der Waals surface area (Å²) >= 11 is 0. The van der Waals surface area contributed by atoms with Crippen LogP contribution in [-0.2, 0) is 9.84 Å². The van der Waals surface area contributed by atoms with Crippen molar-refractivity contribution in [2.75, 3.05) is 12.3 Å². The molecule has 1 aliphatic carbocycles. The maximum absolute atomic E-state index is 12.5. The summed E-state index contributed by atoms with van der Waals surface area (Å²) in [4.78, 5) is 0. The van der Waals surface area contributed by atoms with Crippen LogP contribution >= 0.6 is 0 Å². The summed E-state index contributed by atoms with van der Waals surface area (Å²) in [6.07, 6.45) is 10.2. The van der Waals surface area contributed by atoms with E-state index < -0.39 is 9.84 Å². The van der Waals surface area contributed by atoms with Crippen molar-refractivity contribution in [1.82, 2.24) is 5.32 Å². The molecule has 1 saturated heterocycles. The molecular formula is C17H33NO2S. The van der Waals surface area contributed by atoms with Gasteiger partial charge in [0.2, 0.25) is 0 Å². The highest BCUT2D eigenvalue weighted by atomic mass is 32.2. The number of hydrogen-bond acceptors (Lipinski definition) is 3. The second-order valence-corrected chi connectivity index (χ2v) is 9.42. The zero-order valence-electron chi connectivity index (χ0n) is 13.8. The number of nitrogens with one attached hydrogen (secondary N) is 1. The van der Waals surface area contributed by atoms with E-state index >= 15 is 0 Å². The fraction of sp³-hybridized carbons (Fsp3) is 1.00. The van der Waals surface area contributed by atoms with Gasteiger partial charge in [-0.15, -0.1) is 0 Å². The summed E-state index contributed by atoms with van der Waals surface area (Å²) in [5.74, 6) is 1.78. The van der Waals surface area contributed by atoms with E-state index in [1.807, 2.05) is 0 Å². The molecule has 0 aromatic rings. The monoisotopic (exact) mass is 315 g/mol. The fourth-order valence-electron chi connectivity index (χ4n) is 4.32. The summed E-state index contributed by atoms with van der Waals surface area (Å²) in [6.45, 7) is 5.39. The molecule has 21 heavy (non-hydrogen) atoms. The second-order valence-electron chi connectivity index (χ2n) is 7.08. The summed E-state index contributed by atoms with van der Waals surface area (Å²) in [7, 11) is -2.89. The Bertz CT molecular complexity index is 407. The fourth-order valence-corrected chi connectivity index (χ4v) is 6.53. The van der Waals surface area contributed by atoms with Crippen molar-refractivity contribution in [3.8, 4) is 0 Å². The Balaban J connectivity index is 2.12. The van der Waals surface area contributed by atoms with Gasteiger partial charge in [0.15, 0.2) is 9.84 Å². The van der Waals surface area contributed by atoms with E-state index in [2.05, 4.69) is 19.2 Å². The van der Waals surface area contributed by atoms with Crippen LogP contribution in [0.2, 0.25) is 0 Å². The number of hydrogen-bond donors (Lipinski definition) is 1. The molecule has 0 spiro atoms. The third-order valence-electron chi connectivity index (χ3n) is 5.57. The molecule has 1 heterocycles. The van der Waals surface area contributed by atoms with Crippen molar-refractivity contribution >= 4 is 9.84 Å². The van der Waals surface area contributed by atoms with Crippen LogP contribution in [0, 0.1) is 11.8 Å². The van der Waals surface area contributed by atoms with Crippen molar-refractivity contribution < 1.29 is 8.42 Å². The van der Waals surface area contributed by atoms with Gasteiger partial charge in [0.05, 0.1) is 11.0 Å². The molecule has 4 atom stereocenters. The molecule has 0 amide bonds. The molecule has 0 aromatic heterocycles. The van der Waals surface area contributed by atoms with E-state index in [0.29, 0.717) is 11.7 Å². The first-order valence-electron chi connectivity index (χ1n) is 9.03. The first-order chi connectivity index (χ1) is 10.1. The smallest absolute Gasteiger partial charge is 0.154 e. The standard InChI is InChI=1S/C17H33NO2S/c1-3-11-18-17(15-9-7-8-14(4-2)13-15)16-10-5-6-12-21(16,19)20/h14-18H,3-13H2,1-2H3. The van der Waals surface area contributed by atoms with E-state index in [1.54, 1.807) is 0 Å². The van der Waals surface area contributed by atoms with Crippen LogP contribution in [0.25, 0.3) is 0 Å². The van der Waals surface area contributed by atoms with Gasteiger partial charge < -0.3 is 5.32 Å². The highest BCUT2D eigenvalue weighted by Gasteiger charge is 2.40. The zero-order valence-corrected chi connectivity index (χ0v) is 14.6. The van der Waals surface area contributed by atoms with Crippen LogP contribution in [0.3, 0.4) is 0 Å². The number of rotatable bonds is 6. The van der Waals surface area contributed by atoms with E-state index in [0.717, 1.165) is 38.1 Å². The van der Waals surface area contributed by atoms with Gasteiger partial charge in [0, 0.05) is 6.04 Å². The Hall–Kier alpha value is -0.0900. The summed E-state index contributed by atoms with van der Waals surface area (Å²) in [6, 6.07) is 0.199. The van der Waals surface area contributed by atoms with E-state index in [1.165, 1.54) is 32.1 Å². The average molecular weight is 316 g/mol. The van der Waals surface area contributed by atoms with Crippen molar-refractivity contribution in [3.63, 3.8) is 0 Å². The zero-order chi connectivity index (χ0) is 15.3. The summed E-state index contributed by atoms with van der Waals surface area (Å²) in [5.41, 5.74) is 0. The first kappa shape index (κ1) is 17.3. The molecule has 124 valence electrons. The molecule has 0 bridgehead atoms. The molecule has 4 heteroatoms. The van der Waals surface area contributed by atoms with Gasteiger partial charge in [-0.3, -0.25) is 0 Å². The third kappa shape index (κ3) is 4.44. The molecule has 0 radical (unpaired) electrons. The van der Waals surface area contributed by atoms with Crippen LogP contribution in [0.5, 0.6) is 0 Å². The minimum Gasteiger partial charge on any atom is -0.312 e. The maximum Gasteiger partial charge on any atom is 0.154 e. The highest BCUT2D eigenvalue weighted by molar-refractivity contribution is 7.92. The molecule has 1 saturated carbocycles. The normalized spacial score (nSPS) is 34.5. The number of sulfone groups is 1. The topological polar surface area (TPSA) is 46.2 Å². The van der Waals surface area contributed by atoms with Crippen LogP contribution in [-0.4, -0.2) is 32.0 Å². The lowest BCUT2D eigenvalue weighted by atomic mass is 9.75. The van der Waals surface area contributed by atoms with Crippen molar-refractivity contribution in [2.45, 2.75) is 82.9 Å². The molecule has 0 aromatic carbocycles. The van der Waals surface area contributed by atoms with Crippen molar-refractivity contribution in [2.24, 2.45) is 11.8 Å². The van der Waals surface area contributed by atoms with Crippen molar-refractivity contribution in [1.29, 1.82) is 0 Å². The SMILES string of the molecule is CCCNC(C1CCCC(CC)C1)C1CCCCS1(=O)=O. The van der Waals surface area contributed by atoms with Gasteiger partial charge in [-0.1, -0.05) is 39.5 Å². The van der Waals surface area contributed by atoms with Gasteiger partial charge in [-0.25, -0.2) is 8.42 Å². The molecule has 2 fully saturated rings. The first-order valence-corrected chi connectivity index (χ1v) is 10.7. The van der Waals surface area contributed by atoms with Crippen LogP contribution in [0.15, 0.2) is 0 Å². The Morgan fingerprint density at radius 2 is 1.90 bits per heavy atom. The largest absolute Gasteiger partial charge is 0.312 e. The summed E-state index contributed by atoms with van der Waals surface area (Å²) in [5, 5.41) is 3.50. The molecule has 1 N–H and O–H groups in total. The lowest BCUT2D eigenvalue weighted by Crippen LogP contribution is -2.51.